The summed E-state index contributed by atoms with van der Waals surface area (Å²) >= 11 is 0. The first-order valence-electron chi connectivity index (χ1n) is 11.9. The minimum atomic E-state index is -4.88. The van der Waals surface area contributed by atoms with Crippen LogP contribution in [0.2, 0.25) is 0 Å². The highest BCUT2D eigenvalue weighted by Gasteiger charge is 2.64. The Hall–Kier alpha value is -2.50. The molecule has 3 aromatic rings. The lowest BCUT2D eigenvalue weighted by molar-refractivity contribution is -0.266. The molecule has 1 saturated carbocycles. The molecule has 1 fully saturated rings. The number of aromatic nitrogens is 2. The summed E-state index contributed by atoms with van der Waals surface area (Å²) in [5.41, 5.74) is 0.187. The first-order chi connectivity index (χ1) is 16.9. The van der Waals surface area contributed by atoms with Crippen molar-refractivity contribution < 1.29 is 30.2 Å². The number of hydrogen-bond acceptors (Lipinski definition) is 4. The molecule has 11 heteroatoms. The van der Waals surface area contributed by atoms with Gasteiger partial charge in [-0.05, 0) is 104 Å². The summed E-state index contributed by atoms with van der Waals surface area (Å²) in [6.45, 7) is 1.97. The zero-order chi connectivity index (χ0) is 25.9. The molecule has 1 aromatic heterocycles. The molecule has 0 unspecified atom stereocenters. The Morgan fingerprint density at radius 1 is 1.19 bits per heavy atom. The van der Waals surface area contributed by atoms with Gasteiger partial charge in [-0.3, -0.25) is 0 Å². The van der Waals surface area contributed by atoms with Crippen molar-refractivity contribution in [2.75, 3.05) is 0 Å². The first kappa shape index (κ1) is 25.2. The molecule has 2 aliphatic rings. The highest BCUT2D eigenvalue weighted by molar-refractivity contribution is 7.84. The van der Waals surface area contributed by atoms with E-state index in [9.17, 15) is 26.0 Å². The molecule has 194 valence electrons. The van der Waals surface area contributed by atoms with Gasteiger partial charge >= 0.3 is 16.5 Å². The molecule has 2 aliphatic carbocycles. The molecular weight excluding hydrogens is 498 g/mol. The topological polar surface area (TPSA) is 87.2 Å². The van der Waals surface area contributed by atoms with Crippen molar-refractivity contribution in [3.8, 4) is 5.69 Å². The average Bonchev–Trinajstić information content (AvgIpc) is 3.13. The first-order valence-corrected chi connectivity index (χ1v) is 13.4. The Labute approximate surface area is 206 Å². The van der Waals surface area contributed by atoms with Gasteiger partial charge < -0.3 is 0 Å². The van der Waals surface area contributed by atoms with E-state index in [1.807, 2.05) is 19.1 Å². The summed E-state index contributed by atoms with van der Waals surface area (Å²) in [6.07, 6.45) is -1.58. The van der Waals surface area contributed by atoms with Gasteiger partial charge in [-0.15, -0.1) is 0 Å². The predicted molar refractivity (Wildman–Crippen MR) is 126 cm³/mol. The monoisotopic (exact) mass is 525 g/mol. The molecule has 0 spiro atoms. The third-order valence-electron chi connectivity index (χ3n) is 8.16. The van der Waals surface area contributed by atoms with E-state index in [2.05, 4.69) is 9.28 Å². The SMILES string of the molecule is CC[C@]12CC[C@@](OS(N)(=O)=O)(C(F)(F)F)C[C@H]1CCCc1cc3c(cnn3-c3ccc(F)cc3)cc12. The molecule has 0 saturated heterocycles. The zero-order valence-electron chi connectivity index (χ0n) is 19.7. The lowest BCUT2D eigenvalue weighted by atomic mass is 9.56. The summed E-state index contributed by atoms with van der Waals surface area (Å²) in [6, 6.07) is 10.1. The smallest absolute Gasteiger partial charge is 0.242 e. The van der Waals surface area contributed by atoms with Crippen LogP contribution >= 0.6 is 0 Å². The lowest BCUT2D eigenvalue weighted by Gasteiger charge is -2.51. The predicted octanol–water partition coefficient (Wildman–Crippen LogP) is 5.47. The van der Waals surface area contributed by atoms with Crippen molar-refractivity contribution >= 4 is 21.2 Å². The van der Waals surface area contributed by atoms with Gasteiger partial charge in [0.05, 0.1) is 17.4 Å². The Morgan fingerprint density at radius 2 is 1.92 bits per heavy atom. The molecule has 5 rings (SSSR count). The van der Waals surface area contributed by atoms with Crippen LogP contribution < -0.4 is 5.14 Å². The van der Waals surface area contributed by atoms with Gasteiger partial charge in [0.2, 0.25) is 0 Å². The fourth-order valence-electron chi connectivity index (χ4n) is 6.43. The van der Waals surface area contributed by atoms with E-state index in [0.717, 1.165) is 22.0 Å². The van der Waals surface area contributed by atoms with Gasteiger partial charge in [0.1, 0.15) is 5.82 Å². The van der Waals surface area contributed by atoms with Crippen LogP contribution in [0.3, 0.4) is 0 Å². The van der Waals surface area contributed by atoms with Crippen LogP contribution in [0.1, 0.15) is 56.6 Å². The molecule has 0 amide bonds. The summed E-state index contributed by atoms with van der Waals surface area (Å²) in [5, 5.41) is 10.2. The fraction of sp³-hybridized carbons (Fsp3) is 0.480. The molecule has 0 aliphatic heterocycles. The highest BCUT2D eigenvalue weighted by atomic mass is 32.2. The summed E-state index contributed by atoms with van der Waals surface area (Å²) in [7, 11) is -4.81. The molecule has 2 aromatic carbocycles. The molecule has 0 bridgehead atoms. The third-order valence-corrected chi connectivity index (χ3v) is 8.71. The molecule has 1 heterocycles. The van der Waals surface area contributed by atoms with Crippen LogP contribution in [0.15, 0.2) is 42.6 Å². The maximum atomic E-state index is 14.2. The summed E-state index contributed by atoms with van der Waals surface area (Å²) in [4.78, 5) is 0. The number of alkyl halides is 3. The molecule has 2 N–H and O–H groups in total. The van der Waals surface area contributed by atoms with Crippen molar-refractivity contribution in [1.82, 2.24) is 9.78 Å². The van der Waals surface area contributed by atoms with Crippen LogP contribution in [-0.4, -0.2) is 30.0 Å². The molecular formula is C25H27F4N3O3S. The van der Waals surface area contributed by atoms with Crippen LogP contribution in [0.5, 0.6) is 0 Å². The maximum absolute atomic E-state index is 14.2. The van der Waals surface area contributed by atoms with Crippen molar-refractivity contribution in [2.45, 2.75) is 69.1 Å². The maximum Gasteiger partial charge on any atom is 0.418 e. The van der Waals surface area contributed by atoms with Gasteiger partial charge in [0, 0.05) is 5.39 Å². The van der Waals surface area contributed by atoms with Crippen LogP contribution in [-0.2, 0) is 26.3 Å². The van der Waals surface area contributed by atoms with Crippen molar-refractivity contribution in [1.29, 1.82) is 0 Å². The Kier molecular flexibility index (Phi) is 5.96. The third kappa shape index (κ3) is 4.10. The lowest BCUT2D eigenvalue weighted by Crippen LogP contribution is -2.57. The average molecular weight is 526 g/mol. The van der Waals surface area contributed by atoms with Crippen LogP contribution in [0.4, 0.5) is 17.6 Å². The molecule has 6 nitrogen and oxygen atoms in total. The van der Waals surface area contributed by atoms with Gasteiger partial charge in [0.25, 0.3) is 0 Å². The molecule has 36 heavy (non-hydrogen) atoms. The number of fused-ring (bicyclic) bond motifs is 4. The van der Waals surface area contributed by atoms with Gasteiger partial charge in [-0.25, -0.2) is 18.4 Å². The van der Waals surface area contributed by atoms with E-state index < -0.39 is 46.3 Å². The number of rotatable bonds is 4. The number of benzene rings is 2. The number of aryl methyl sites for hydroxylation is 1. The highest BCUT2D eigenvalue weighted by Crippen LogP contribution is 2.58. The van der Waals surface area contributed by atoms with Crippen molar-refractivity contribution in [3.63, 3.8) is 0 Å². The van der Waals surface area contributed by atoms with Gasteiger partial charge in [-0.2, -0.15) is 26.7 Å². The van der Waals surface area contributed by atoms with E-state index >= 15 is 0 Å². The number of nitrogens with zero attached hydrogens (tertiary/aromatic N) is 2. The van der Waals surface area contributed by atoms with Gasteiger partial charge in [0.15, 0.2) is 5.60 Å². The standard InChI is InChI=1S/C25H27F4N3O3S/c1-2-23-10-11-24(25(27,28)29,35-36(30,33)34)14-18(23)5-3-4-16-13-22-17(12-21(16)23)15-31-32(22)20-8-6-19(26)7-9-20/h6-9,12-13,15,18H,2-5,10-11,14H2,1H3,(H2,30,33,34)/t18-,23+,24+/m1/s1. The quantitative estimate of drug-likeness (QED) is 0.458. The number of nitrogens with two attached hydrogens (primary N) is 1. The Bertz CT molecular complexity index is 1400. The van der Waals surface area contributed by atoms with E-state index in [1.54, 1.807) is 23.0 Å². The van der Waals surface area contributed by atoms with E-state index in [-0.39, 0.29) is 12.2 Å². The molecule has 3 atom stereocenters. The van der Waals surface area contributed by atoms with Crippen LogP contribution in [0, 0.1) is 11.7 Å². The minimum Gasteiger partial charge on any atom is -0.242 e. The zero-order valence-corrected chi connectivity index (χ0v) is 20.5. The number of halogens is 4. The summed E-state index contributed by atoms with van der Waals surface area (Å²) < 4.78 is 85.7. The largest absolute Gasteiger partial charge is 0.418 e. The van der Waals surface area contributed by atoms with Crippen molar-refractivity contribution in [3.05, 3.63) is 59.5 Å². The Morgan fingerprint density at radius 3 is 2.56 bits per heavy atom. The minimum absolute atomic E-state index is 0.119. The number of hydrogen-bond donors (Lipinski definition) is 1. The van der Waals surface area contributed by atoms with E-state index in [1.165, 1.54) is 12.1 Å². The second-order valence-electron chi connectivity index (χ2n) is 9.97. The second kappa shape index (κ2) is 8.53. The summed E-state index contributed by atoms with van der Waals surface area (Å²) in [5.74, 6) is -0.788. The van der Waals surface area contributed by atoms with E-state index in [0.29, 0.717) is 31.4 Å². The Balaban J connectivity index is 1.60. The van der Waals surface area contributed by atoms with Crippen molar-refractivity contribution in [2.24, 2.45) is 11.1 Å². The second-order valence-corrected chi connectivity index (χ2v) is 11.1. The normalized spacial score (nSPS) is 26.9. The van der Waals surface area contributed by atoms with Crippen LogP contribution in [0.25, 0.3) is 16.6 Å². The van der Waals surface area contributed by atoms with Gasteiger partial charge in [-0.1, -0.05) is 6.92 Å². The fourth-order valence-corrected chi connectivity index (χ4v) is 7.12. The van der Waals surface area contributed by atoms with E-state index in [4.69, 9.17) is 5.14 Å². The molecule has 0 radical (unpaired) electrons.